The first-order valence-electron chi connectivity index (χ1n) is 5.05. The van der Waals surface area contributed by atoms with Gasteiger partial charge < -0.3 is 10.1 Å². The fourth-order valence-corrected chi connectivity index (χ4v) is 1.33. The van der Waals surface area contributed by atoms with Gasteiger partial charge >= 0.3 is 5.97 Å². The van der Waals surface area contributed by atoms with Crippen LogP contribution in [0.4, 0.5) is 5.82 Å². The summed E-state index contributed by atoms with van der Waals surface area (Å²) in [4.78, 5) is 15.7. The zero-order valence-corrected chi connectivity index (χ0v) is 10.4. The first-order chi connectivity index (χ1) is 8.19. The van der Waals surface area contributed by atoms with E-state index >= 15 is 0 Å². The Morgan fingerprint density at radius 2 is 2.35 bits per heavy atom. The first kappa shape index (κ1) is 13.3. The topological polar surface area (TPSA) is 75.3 Å². The highest BCUT2D eigenvalue weighted by atomic mass is 32.1. The van der Waals surface area contributed by atoms with Gasteiger partial charge in [0.2, 0.25) is 0 Å². The van der Waals surface area contributed by atoms with Gasteiger partial charge in [-0.05, 0) is 31.3 Å². The van der Waals surface area contributed by atoms with Gasteiger partial charge in [-0.1, -0.05) is 0 Å². The smallest absolute Gasteiger partial charge is 0.341 e. The van der Waals surface area contributed by atoms with Crippen molar-refractivity contribution in [3.63, 3.8) is 0 Å². The van der Waals surface area contributed by atoms with Gasteiger partial charge in [-0.3, -0.25) is 5.43 Å². The molecule has 0 radical (unpaired) electrons. The molecule has 92 valence electrons. The van der Waals surface area contributed by atoms with E-state index in [1.54, 1.807) is 32.3 Å². The van der Waals surface area contributed by atoms with Crippen LogP contribution in [0.15, 0.2) is 18.3 Å². The lowest BCUT2D eigenvalue weighted by Crippen LogP contribution is -2.38. The van der Waals surface area contributed by atoms with Crippen molar-refractivity contribution in [1.29, 1.82) is 0 Å². The van der Waals surface area contributed by atoms with Gasteiger partial charge in [0.15, 0.2) is 5.11 Å². The maximum Gasteiger partial charge on any atom is 0.341 e. The SMILES string of the molecule is CCOC(=O)c1cccnc1NC(=S)NNC. The van der Waals surface area contributed by atoms with E-state index in [-0.39, 0.29) is 0 Å². The first-order valence-corrected chi connectivity index (χ1v) is 5.45. The van der Waals surface area contributed by atoms with Gasteiger partial charge in [0.05, 0.1) is 6.61 Å². The largest absolute Gasteiger partial charge is 0.462 e. The highest BCUT2D eigenvalue weighted by Crippen LogP contribution is 2.12. The molecule has 1 aromatic rings. The van der Waals surface area contributed by atoms with Crippen LogP contribution in [0, 0.1) is 0 Å². The molecule has 1 heterocycles. The number of nitrogens with one attached hydrogen (secondary N) is 3. The standard InChI is InChI=1S/C10H14N4O2S/c1-3-16-9(15)7-5-4-6-12-8(7)13-10(17)14-11-2/h4-6,11H,3H2,1-2H3,(H2,12,13,14,17). The summed E-state index contributed by atoms with van der Waals surface area (Å²) in [6.07, 6.45) is 1.56. The third-order valence-corrected chi connectivity index (χ3v) is 1.98. The number of aromatic nitrogens is 1. The molecule has 0 unspecified atom stereocenters. The van der Waals surface area contributed by atoms with Crippen molar-refractivity contribution in [1.82, 2.24) is 15.8 Å². The van der Waals surface area contributed by atoms with Crippen molar-refractivity contribution >= 4 is 29.1 Å². The molecule has 0 atom stereocenters. The molecule has 1 aromatic heterocycles. The van der Waals surface area contributed by atoms with E-state index in [1.165, 1.54) is 0 Å². The van der Waals surface area contributed by atoms with Gasteiger partial charge in [-0.25, -0.2) is 15.2 Å². The van der Waals surface area contributed by atoms with E-state index in [4.69, 9.17) is 17.0 Å². The minimum atomic E-state index is -0.435. The van der Waals surface area contributed by atoms with Crippen molar-refractivity contribution in [2.24, 2.45) is 0 Å². The molecule has 0 bridgehead atoms. The number of thiocarbonyl (C=S) groups is 1. The number of pyridine rings is 1. The Kier molecular flexibility index (Phi) is 5.31. The fraction of sp³-hybridized carbons (Fsp3) is 0.300. The van der Waals surface area contributed by atoms with Crippen molar-refractivity contribution in [3.8, 4) is 0 Å². The molecule has 0 fully saturated rings. The van der Waals surface area contributed by atoms with E-state index in [9.17, 15) is 4.79 Å². The van der Waals surface area contributed by atoms with Crippen LogP contribution >= 0.6 is 12.2 Å². The number of rotatable bonds is 4. The third-order valence-electron chi connectivity index (χ3n) is 1.77. The molecular weight excluding hydrogens is 240 g/mol. The van der Waals surface area contributed by atoms with Crippen molar-refractivity contribution in [2.75, 3.05) is 19.0 Å². The molecule has 0 saturated carbocycles. The summed E-state index contributed by atoms with van der Waals surface area (Å²) in [5.41, 5.74) is 5.68. The molecule has 0 saturated heterocycles. The number of ether oxygens (including phenoxy) is 1. The summed E-state index contributed by atoms with van der Waals surface area (Å²) in [6.45, 7) is 2.06. The highest BCUT2D eigenvalue weighted by molar-refractivity contribution is 7.80. The molecule has 0 aliphatic heterocycles. The van der Waals surface area contributed by atoms with Crippen LogP contribution < -0.4 is 16.2 Å². The second kappa shape index (κ2) is 6.77. The zero-order valence-electron chi connectivity index (χ0n) is 9.61. The number of carbonyl (C=O) groups is 1. The summed E-state index contributed by atoms with van der Waals surface area (Å²) in [5, 5.41) is 3.11. The fourth-order valence-electron chi connectivity index (χ4n) is 1.13. The third kappa shape index (κ3) is 3.97. The Hall–Kier alpha value is -1.73. The Morgan fingerprint density at radius 3 is 3.00 bits per heavy atom. The molecule has 3 N–H and O–H groups in total. The molecule has 0 aliphatic rings. The molecule has 1 rings (SSSR count). The van der Waals surface area contributed by atoms with Crippen LogP contribution in [0.1, 0.15) is 17.3 Å². The van der Waals surface area contributed by atoms with Crippen LogP contribution in [0.25, 0.3) is 0 Å². The molecule has 7 heteroatoms. The number of hydrogen-bond acceptors (Lipinski definition) is 5. The minimum Gasteiger partial charge on any atom is -0.462 e. The van der Waals surface area contributed by atoms with E-state index in [0.29, 0.717) is 23.1 Å². The van der Waals surface area contributed by atoms with Crippen LogP contribution in [-0.4, -0.2) is 29.7 Å². The van der Waals surface area contributed by atoms with Gasteiger partial charge in [-0.15, -0.1) is 0 Å². The number of esters is 1. The summed E-state index contributed by atoms with van der Waals surface area (Å²) in [6, 6.07) is 3.28. The quantitative estimate of drug-likeness (QED) is 0.414. The monoisotopic (exact) mass is 254 g/mol. The summed E-state index contributed by atoms with van der Waals surface area (Å²) >= 11 is 4.97. The predicted molar refractivity (Wildman–Crippen MR) is 68.6 cm³/mol. The number of carbonyl (C=O) groups excluding carboxylic acids is 1. The van der Waals surface area contributed by atoms with Gasteiger partial charge in [0.25, 0.3) is 0 Å². The maximum atomic E-state index is 11.6. The van der Waals surface area contributed by atoms with E-state index in [2.05, 4.69) is 21.2 Å². The van der Waals surface area contributed by atoms with Crippen LogP contribution in [0.2, 0.25) is 0 Å². The average Bonchev–Trinajstić information content (AvgIpc) is 2.30. The van der Waals surface area contributed by atoms with E-state index < -0.39 is 5.97 Å². The average molecular weight is 254 g/mol. The van der Waals surface area contributed by atoms with Gasteiger partial charge in [-0.2, -0.15) is 0 Å². The summed E-state index contributed by atoms with van der Waals surface area (Å²) in [7, 11) is 1.68. The Balaban J connectivity index is 2.84. The predicted octanol–water partition coefficient (Wildman–Crippen LogP) is 0.679. The van der Waals surface area contributed by atoms with Crippen LogP contribution in [0.3, 0.4) is 0 Å². The summed E-state index contributed by atoms with van der Waals surface area (Å²) < 4.78 is 4.91. The Morgan fingerprint density at radius 1 is 1.59 bits per heavy atom. The summed E-state index contributed by atoms with van der Waals surface area (Å²) in [5.74, 6) is -0.0749. The molecule has 0 aromatic carbocycles. The van der Waals surface area contributed by atoms with Crippen LogP contribution in [-0.2, 0) is 4.74 Å². The lowest BCUT2D eigenvalue weighted by molar-refractivity contribution is 0.0527. The molecule has 0 spiro atoms. The Bertz CT molecular complexity index is 411. The van der Waals surface area contributed by atoms with Gasteiger partial charge in [0.1, 0.15) is 11.4 Å². The van der Waals surface area contributed by atoms with Crippen molar-refractivity contribution in [3.05, 3.63) is 23.9 Å². The molecule has 0 aliphatic carbocycles. The lowest BCUT2D eigenvalue weighted by Gasteiger charge is -2.11. The zero-order chi connectivity index (χ0) is 12.7. The number of anilines is 1. The Labute approximate surface area is 105 Å². The molecule has 0 amide bonds. The second-order valence-electron chi connectivity index (χ2n) is 2.95. The molecule has 17 heavy (non-hydrogen) atoms. The van der Waals surface area contributed by atoms with Crippen molar-refractivity contribution in [2.45, 2.75) is 6.92 Å². The van der Waals surface area contributed by atoms with Gasteiger partial charge in [0, 0.05) is 13.2 Å². The second-order valence-corrected chi connectivity index (χ2v) is 3.36. The lowest BCUT2D eigenvalue weighted by atomic mass is 10.2. The van der Waals surface area contributed by atoms with Crippen molar-refractivity contribution < 1.29 is 9.53 Å². The molecular formula is C10H14N4O2S. The normalized spacial score (nSPS) is 9.53. The number of hydrogen-bond donors (Lipinski definition) is 3. The van der Waals surface area contributed by atoms with Crippen LogP contribution in [0.5, 0.6) is 0 Å². The van der Waals surface area contributed by atoms with E-state index in [1.807, 2.05) is 0 Å². The molecule has 6 nitrogen and oxygen atoms in total. The minimum absolute atomic E-state index is 0.312. The number of nitrogens with zero attached hydrogens (tertiary/aromatic N) is 1. The maximum absolute atomic E-state index is 11.6. The van der Waals surface area contributed by atoms with E-state index in [0.717, 1.165) is 0 Å². The number of hydrazine groups is 1. The highest BCUT2D eigenvalue weighted by Gasteiger charge is 2.13.